The minimum Gasteiger partial charge on any atom is -0.466 e. The number of unbranched alkanes of at least 4 members (excludes halogenated alkanes) is 33. The van der Waals surface area contributed by atoms with Crippen LogP contribution in [-0.4, -0.2) is 37.7 Å². The summed E-state index contributed by atoms with van der Waals surface area (Å²) in [5, 5.41) is 0. The van der Waals surface area contributed by atoms with Crippen LogP contribution < -0.4 is 0 Å². The smallest absolute Gasteiger partial charge is 0.305 e. The molecule has 6 heteroatoms. The number of ether oxygens (including phenoxy) is 3. The Bertz CT molecular complexity index is 1130. The highest BCUT2D eigenvalue weighted by atomic mass is 16.5. The predicted molar refractivity (Wildman–Crippen MR) is 331 cm³/mol. The van der Waals surface area contributed by atoms with Crippen LogP contribution in [0.15, 0.2) is 75.4 Å². The molecule has 0 rings (SSSR count). The highest BCUT2D eigenvalue weighted by Gasteiger charge is 2.02. The predicted octanol–water partition coefficient (Wildman–Crippen LogP) is 22.9. The lowest BCUT2D eigenvalue weighted by molar-refractivity contribution is -0.144. The van der Waals surface area contributed by atoms with Crippen molar-refractivity contribution in [3.05, 3.63) is 75.4 Å². The van der Waals surface area contributed by atoms with Gasteiger partial charge in [0.25, 0.3) is 0 Å². The molecule has 0 amide bonds. The molecule has 0 spiro atoms. The third kappa shape index (κ3) is 98.1. The first kappa shape index (κ1) is 82.2. The zero-order chi connectivity index (χ0) is 56.3. The maximum absolute atomic E-state index is 11.1. The monoisotopic (exact) mass is 1040 g/mol. The summed E-state index contributed by atoms with van der Waals surface area (Å²) >= 11 is 0. The van der Waals surface area contributed by atoms with E-state index >= 15 is 0 Å². The number of rotatable bonds is 49. The largest absolute Gasteiger partial charge is 0.466 e. The summed E-state index contributed by atoms with van der Waals surface area (Å²) in [6.45, 7) is 33.0. The molecule has 74 heavy (non-hydrogen) atoms. The lowest BCUT2D eigenvalue weighted by atomic mass is 10.1. The Labute approximate surface area is 464 Å². The van der Waals surface area contributed by atoms with Gasteiger partial charge in [0.1, 0.15) is 0 Å². The maximum Gasteiger partial charge on any atom is 0.305 e. The summed E-state index contributed by atoms with van der Waals surface area (Å²) in [4.78, 5) is 33.2. The van der Waals surface area contributed by atoms with Crippen molar-refractivity contribution in [2.45, 2.75) is 325 Å². The molecule has 0 aliphatic rings. The van der Waals surface area contributed by atoms with Crippen molar-refractivity contribution in [2.75, 3.05) is 19.8 Å². The van der Waals surface area contributed by atoms with Gasteiger partial charge in [-0.3, -0.25) is 14.4 Å². The summed E-state index contributed by atoms with van der Waals surface area (Å²) < 4.78 is 14.6. The average molecular weight is 1040 g/mol. The lowest BCUT2D eigenvalue weighted by Crippen LogP contribution is -2.03. The third-order valence-electron chi connectivity index (χ3n) is 12.0. The van der Waals surface area contributed by atoms with Gasteiger partial charge in [0.05, 0.1) is 19.8 Å². The fourth-order valence-corrected chi connectivity index (χ4v) is 7.53. The van der Waals surface area contributed by atoms with Gasteiger partial charge in [0.2, 0.25) is 0 Å². The van der Waals surface area contributed by atoms with E-state index in [1.807, 2.05) is 39.0 Å². The number of hydrogen-bond donors (Lipinski definition) is 0. The molecule has 0 saturated carbocycles. The Balaban J connectivity index is -0.000000204. The van der Waals surface area contributed by atoms with Crippen molar-refractivity contribution in [3.63, 3.8) is 0 Å². The zero-order valence-corrected chi connectivity index (χ0v) is 51.1. The summed E-state index contributed by atoms with van der Waals surface area (Å²) in [6.07, 6.45) is 67.8. The van der Waals surface area contributed by atoms with Crippen LogP contribution >= 0.6 is 0 Å². The van der Waals surface area contributed by atoms with Crippen molar-refractivity contribution < 1.29 is 28.6 Å². The lowest BCUT2D eigenvalue weighted by Gasteiger charge is -2.01. The summed E-state index contributed by atoms with van der Waals surface area (Å²) in [5.74, 6) is -0.141. The normalized spacial score (nSPS) is 10.2. The maximum atomic E-state index is 11.1. The van der Waals surface area contributed by atoms with Crippen molar-refractivity contribution >= 4 is 17.9 Å². The van der Waals surface area contributed by atoms with E-state index in [4.69, 9.17) is 14.2 Å². The van der Waals surface area contributed by atoms with Crippen LogP contribution in [-0.2, 0) is 28.6 Å². The first-order valence-corrected chi connectivity index (χ1v) is 31.4. The molecule has 0 aliphatic heterocycles. The van der Waals surface area contributed by atoms with E-state index in [2.05, 4.69) is 84.9 Å². The Morgan fingerprint density at radius 2 is 0.459 bits per heavy atom. The molecule has 0 atom stereocenters. The van der Waals surface area contributed by atoms with E-state index in [9.17, 15) is 14.4 Å². The van der Waals surface area contributed by atoms with Gasteiger partial charge >= 0.3 is 17.9 Å². The van der Waals surface area contributed by atoms with E-state index in [0.717, 1.165) is 44.9 Å². The number of esters is 3. The van der Waals surface area contributed by atoms with Crippen LogP contribution in [0.1, 0.15) is 325 Å². The quantitative estimate of drug-likeness (QED) is 0.0261. The Morgan fingerprint density at radius 1 is 0.270 bits per heavy atom. The molecule has 0 unspecified atom stereocenters. The van der Waals surface area contributed by atoms with Crippen molar-refractivity contribution in [1.82, 2.24) is 0 Å². The molecule has 0 saturated heterocycles. The summed E-state index contributed by atoms with van der Waals surface area (Å²) in [5.41, 5.74) is 0. The van der Waals surface area contributed by atoms with Gasteiger partial charge in [-0.05, 0) is 124 Å². The molecule has 0 aromatic carbocycles. The highest BCUT2D eigenvalue weighted by molar-refractivity contribution is 5.69. The number of allylic oxidation sites excluding steroid dienone is 7. The number of carbonyl (C=O) groups is 3. The SMILES string of the molecule is C=C.C=CCCCC.C=CCCCCCCCC.C=CCCCCCCCC(=O)OCC.CCCCCC/C=C\CCCCCCCC(=O)OCC.CCCCCCCC/C=C\CCCCCCCC(=O)OCC. The molecule has 0 aromatic heterocycles. The molecular formula is C68H130O6. The van der Waals surface area contributed by atoms with Crippen LogP contribution in [0, 0.1) is 0 Å². The third-order valence-corrected chi connectivity index (χ3v) is 12.0. The zero-order valence-electron chi connectivity index (χ0n) is 51.1. The molecule has 0 fully saturated rings. The van der Waals surface area contributed by atoms with Crippen LogP contribution in [0.3, 0.4) is 0 Å². The van der Waals surface area contributed by atoms with Crippen molar-refractivity contribution in [1.29, 1.82) is 0 Å². The van der Waals surface area contributed by atoms with Crippen LogP contribution in [0.25, 0.3) is 0 Å². The van der Waals surface area contributed by atoms with Gasteiger partial charge in [0, 0.05) is 19.3 Å². The average Bonchev–Trinajstić information content (AvgIpc) is 3.40. The second-order valence-corrected chi connectivity index (χ2v) is 19.2. The minimum absolute atomic E-state index is 0.0415. The molecule has 438 valence electrons. The molecule has 0 bridgehead atoms. The van der Waals surface area contributed by atoms with E-state index in [0.29, 0.717) is 39.1 Å². The summed E-state index contributed by atoms with van der Waals surface area (Å²) in [6, 6.07) is 0. The molecule has 0 aliphatic carbocycles. The van der Waals surface area contributed by atoms with Crippen LogP contribution in [0.2, 0.25) is 0 Å². The Morgan fingerprint density at radius 3 is 0.676 bits per heavy atom. The fourth-order valence-electron chi connectivity index (χ4n) is 7.53. The van der Waals surface area contributed by atoms with Gasteiger partial charge in [-0.25, -0.2) is 0 Å². The van der Waals surface area contributed by atoms with E-state index in [1.54, 1.807) is 0 Å². The molecule has 0 aromatic rings. The first-order valence-electron chi connectivity index (χ1n) is 31.4. The van der Waals surface area contributed by atoms with E-state index < -0.39 is 0 Å². The Kier molecular flexibility index (Phi) is 96.1. The van der Waals surface area contributed by atoms with Gasteiger partial charge in [-0.1, -0.05) is 224 Å². The second kappa shape index (κ2) is 86.6. The number of hydrogen-bond acceptors (Lipinski definition) is 6. The van der Waals surface area contributed by atoms with Gasteiger partial charge in [-0.15, -0.1) is 32.9 Å². The molecule has 6 nitrogen and oxygen atoms in total. The minimum atomic E-state index is -0.0569. The molecule has 0 radical (unpaired) electrons. The van der Waals surface area contributed by atoms with Crippen molar-refractivity contribution in [2.24, 2.45) is 0 Å². The van der Waals surface area contributed by atoms with Crippen molar-refractivity contribution in [3.8, 4) is 0 Å². The van der Waals surface area contributed by atoms with E-state index in [1.165, 1.54) is 212 Å². The van der Waals surface area contributed by atoms with Crippen LogP contribution in [0.5, 0.6) is 0 Å². The fraction of sp³-hybridized carbons (Fsp3) is 0.779. The number of carbonyl (C=O) groups excluding carboxylic acids is 3. The topological polar surface area (TPSA) is 78.9 Å². The van der Waals surface area contributed by atoms with Gasteiger partial charge < -0.3 is 14.2 Å². The molecule has 0 heterocycles. The first-order chi connectivity index (χ1) is 36.3. The molecule has 0 N–H and O–H groups in total. The summed E-state index contributed by atoms with van der Waals surface area (Å²) in [7, 11) is 0. The van der Waals surface area contributed by atoms with Gasteiger partial charge in [0.15, 0.2) is 0 Å². The van der Waals surface area contributed by atoms with Gasteiger partial charge in [-0.2, -0.15) is 0 Å². The van der Waals surface area contributed by atoms with Crippen LogP contribution in [0.4, 0.5) is 0 Å². The standard InChI is InChI=1S/C20H38O2.C18H34O2.C12H22O2.C10H20.C6H12.C2H4/c1-3-5-6-7-8-9-10-11-12-13-14-15-16-17-18-19-20(21)22-4-2;1-3-5-6-7-8-9-10-11-12-13-14-15-16-17-18(19)20-4-2;1-3-5-6-7-8-9-10-11-12(13)14-4-2;1-3-5-7-9-10-8-6-4-2;1-3-5-6-4-2;1-2/h11-12H,3-10,13-19H2,1-2H3;9-10H,3-8,11-17H2,1-2H3;3H,1,4-11H2,2H3;3H,1,4-10H2,2H3;3H,1,4-6H2,2H3;1-2H2/b12-11-;10-9-;;;;. The second-order valence-electron chi connectivity index (χ2n) is 19.2. The van der Waals surface area contributed by atoms with E-state index in [-0.39, 0.29) is 17.9 Å². The molecular weight excluding hydrogens is 913 g/mol. The highest BCUT2D eigenvalue weighted by Crippen LogP contribution is 2.13. The Hall–Kier alpha value is -3.15.